The summed E-state index contributed by atoms with van der Waals surface area (Å²) in [5.74, 6) is 0. The van der Waals surface area contributed by atoms with Crippen molar-refractivity contribution in [3.8, 4) is 0 Å². The Morgan fingerprint density at radius 3 is 1.50 bits per heavy atom. The van der Waals surface area contributed by atoms with Gasteiger partial charge in [-0.2, -0.15) is 0 Å². The molecule has 4 heteroatoms. The zero-order valence-corrected chi connectivity index (χ0v) is 6.14. The lowest BCUT2D eigenvalue weighted by Crippen LogP contribution is -2.45. The molecule has 0 amide bonds. The van der Waals surface area contributed by atoms with Gasteiger partial charge in [0, 0.05) is 13.1 Å². The molecule has 0 radical (unpaired) electrons. The minimum absolute atomic E-state index is 1.03. The normalized spacial score (nSPS) is 40.8. The highest BCUT2D eigenvalue weighted by molar-refractivity contribution is 4.69. The monoisotopic (exact) mass is 142 g/mol. The van der Waals surface area contributed by atoms with Gasteiger partial charge < -0.3 is 0 Å². The summed E-state index contributed by atoms with van der Waals surface area (Å²) >= 11 is 0. The smallest absolute Gasteiger partial charge is 0.0503 e. The van der Waals surface area contributed by atoms with Crippen molar-refractivity contribution < 1.29 is 0 Å². The first kappa shape index (κ1) is 6.54. The molecule has 2 N–H and O–H groups in total. The van der Waals surface area contributed by atoms with Gasteiger partial charge in [0.05, 0.1) is 26.7 Å². The molecular weight excluding hydrogens is 128 g/mol. The SMILES string of the molecule is C1CN2CNCN1CNC2. The van der Waals surface area contributed by atoms with Gasteiger partial charge >= 0.3 is 0 Å². The number of fused-ring (bicyclic) bond motifs is 3. The van der Waals surface area contributed by atoms with Gasteiger partial charge in [0.15, 0.2) is 0 Å². The van der Waals surface area contributed by atoms with Gasteiger partial charge in [-0.25, -0.2) is 0 Å². The van der Waals surface area contributed by atoms with E-state index < -0.39 is 0 Å². The maximum Gasteiger partial charge on any atom is 0.0503 e. The lowest BCUT2D eigenvalue weighted by molar-refractivity contribution is 0.225. The highest BCUT2D eigenvalue weighted by Gasteiger charge is 2.16. The molecule has 2 heterocycles. The Labute approximate surface area is 61.2 Å². The van der Waals surface area contributed by atoms with E-state index in [1.807, 2.05) is 0 Å². The van der Waals surface area contributed by atoms with Crippen molar-refractivity contribution in [3.63, 3.8) is 0 Å². The molecule has 4 nitrogen and oxygen atoms in total. The van der Waals surface area contributed by atoms with Crippen LogP contribution in [-0.4, -0.2) is 49.6 Å². The first-order chi connectivity index (χ1) is 4.95. The topological polar surface area (TPSA) is 30.5 Å². The molecule has 0 atom stereocenters. The van der Waals surface area contributed by atoms with E-state index in [1.165, 1.54) is 13.1 Å². The Kier molecular flexibility index (Phi) is 1.86. The Balaban J connectivity index is 2.01. The van der Waals surface area contributed by atoms with Crippen molar-refractivity contribution in [1.82, 2.24) is 20.4 Å². The van der Waals surface area contributed by atoms with Crippen LogP contribution < -0.4 is 10.6 Å². The van der Waals surface area contributed by atoms with Crippen molar-refractivity contribution in [2.75, 3.05) is 39.8 Å². The van der Waals surface area contributed by atoms with Crippen molar-refractivity contribution in [2.45, 2.75) is 0 Å². The van der Waals surface area contributed by atoms with Crippen LogP contribution in [-0.2, 0) is 0 Å². The molecule has 2 rings (SSSR count). The summed E-state index contributed by atoms with van der Waals surface area (Å²) < 4.78 is 0. The lowest BCUT2D eigenvalue weighted by atomic mass is 10.5. The second-order valence-corrected chi connectivity index (χ2v) is 2.92. The van der Waals surface area contributed by atoms with E-state index in [9.17, 15) is 0 Å². The molecule has 2 fully saturated rings. The van der Waals surface area contributed by atoms with Crippen molar-refractivity contribution >= 4 is 0 Å². The minimum Gasteiger partial charge on any atom is -0.291 e. The molecule has 58 valence electrons. The van der Waals surface area contributed by atoms with Crippen LogP contribution >= 0.6 is 0 Å². The Morgan fingerprint density at radius 1 is 0.700 bits per heavy atom. The van der Waals surface area contributed by atoms with Crippen LogP contribution in [0.25, 0.3) is 0 Å². The molecule has 0 aromatic rings. The Hall–Kier alpha value is -0.160. The predicted octanol–water partition coefficient (Wildman–Crippen LogP) is -1.37. The zero-order chi connectivity index (χ0) is 6.81. The molecule has 2 aliphatic heterocycles. The summed E-state index contributed by atoms with van der Waals surface area (Å²) in [6, 6.07) is 0. The van der Waals surface area contributed by atoms with Crippen LogP contribution in [0.3, 0.4) is 0 Å². The lowest BCUT2D eigenvalue weighted by Gasteiger charge is -2.21. The summed E-state index contributed by atoms with van der Waals surface area (Å²) in [5, 5.41) is 6.72. The van der Waals surface area contributed by atoms with Crippen LogP contribution in [0.4, 0.5) is 0 Å². The average molecular weight is 142 g/mol. The van der Waals surface area contributed by atoms with Crippen LogP contribution in [0.5, 0.6) is 0 Å². The fourth-order valence-corrected chi connectivity index (χ4v) is 1.44. The Bertz CT molecular complexity index is 94.3. The zero-order valence-electron chi connectivity index (χ0n) is 6.14. The fourth-order valence-electron chi connectivity index (χ4n) is 1.44. The number of nitrogens with zero attached hydrogens (tertiary/aromatic N) is 2. The number of nitrogens with one attached hydrogen (secondary N) is 2. The van der Waals surface area contributed by atoms with E-state index >= 15 is 0 Å². The summed E-state index contributed by atoms with van der Waals surface area (Å²) in [7, 11) is 0. The standard InChI is InChI=1S/C6H14N4/c1-2-10-5-7-3-9(1)4-8-6-10/h7-8H,1-6H2. The maximum absolute atomic E-state index is 3.36. The molecular formula is C6H14N4. The van der Waals surface area contributed by atoms with Crippen LogP contribution in [0, 0.1) is 0 Å². The summed E-state index contributed by atoms with van der Waals surface area (Å²) in [4.78, 5) is 4.76. The summed E-state index contributed by atoms with van der Waals surface area (Å²) in [6.07, 6.45) is 0. The number of hydrogen-bond donors (Lipinski definition) is 2. The minimum atomic E-state index is 1.03. The Morgan fingerprint density at radius 2 is 1.10 bits per heavy atom. The quantitative estimate of drug-likeness (QED) is 0.437. The second kappa shape index (κ2) is 2.84. The number of rotatable bonds is 0. The van der Waals surface area contributed by atoms with Gasteiger partial charge in [0.25, 0.3) is 0 Å². The van der Waals surface area contributed by atoms with E-state index in [4.69, 9.17) is 0 Å². The predicted molar refractivity (Wildman–Crippen MR) is 39.2 cm³/mol. The molecule has 2 saturated heterocycles. The summed E-state index contributed by atoms with van der Waals surface area (Å²) in [5.41, 5.74) is 0. The van der Waals surface area contributed by atoms with E-state index in [0.29, 0.717) is 0 Å². The first-order valence-electron chi connectivity index (χ1n) is 3.81. The number of hydrogen-bond acceptors (Lipinski definition) is 4. The average Bonchev–Trinajstić information content (AvgIpc) is 2.17. The third-order valence-corrected chi connectivity index (χ3v) is 2.07. The van der Waals surface area contributed by atoms with E-state index in [1.54, 1.807) is 0 Å². The van der Waals surface area contributed by atoms with Crippen molar-refractivity contribution in [3.05, 3.63) is 0 Å². The molecule has 10 heavy (non-hydrogen) atoms. The van der Waals surface area contributed by atoms with Gasteiger partial charge in [-0.3, -0.25) is 20.4 Å². The molecule has 0 saturated carbocycles. The largest absolute Gasteiger partial charge is 0.291 e. The molecule has 2 aliphatic rings. The second-order valence-electron chi connectivity index (χ2n) is 2.92. The van der Waals surface area contributed by atoms with E-state index in [2.05, 4.69) is 20.4 Å². The first-order valence-corrected chi connectivity index (χ1v) is 3.81. The van der Waals surface area contributed by atoms with Gasteiger partial charge in [-0.1, -0.05) is 0 Å². The highest BCUT2D eigenvalue weighted by Crippen LogP contribution is 1.96. The molecule has 0 aromatic carbocycles. The summed E-state index contributed by atoms with van der Waals surface area (Å²) in [6.45, 7) is 6.51. The molecule has 0 spiro atoms. The van der Waals surface area contributed by atoms with Crippen LogP contribution in [0.1, 0.15) is 0 Å². The van der Waals surface area contributed by atoms with Gasteiger partial charge in [-0.05, 0) is 0 Å². The van der Waals surface area contributed by atoms with E-state index in [-0.39, 0.29) is 0 Å². The van der Waals surface area contributed by atoms with Crippen LogP contribution in [0.15, 0.2) is 0 Å². The van der Waals surface area contributed by atoms with Crippen molar-refractivity contribution in [1.29, 1.82) is 0 Å². The molecule has 0 aliphatic carbocycles. The molecule has 0 unspecified atom stereocenters. The molecule has 2 bridgehead atoms. The van der Waals surface area contributed by atoms with Gasteiger partial charge in [-0.15, -0.1) is 0 Å². The molecule has 0 aromatic heterocycles. The fraction of sp³-hybridized carbons (Fsp3) is 1.00. The van der Waals surface area contributed by atoms with Crippen molar-refractivity contribution in [2.24, 2.45) is 0 Å². The third kappa shape index (κ3) is 1.29. The van der Waals surface area contributed by atoms with Crippen LogP contribution in [0.2, 0.25) is 0 Å². The third-order valence-electron chi connectivity index (χ3n) is 2.07. The highest BCUT2D eigenvalue weighted by atomic mass is 15.4. The van der Waals surface area contributed by atoms with Gasteiger partial charge in [0.1, 0.15) is 0 Å². The van der Waals surface area contributed by atoms with E-state index in [0.717, 1.165) is 26.7 Å². The maximum atomic E-state index is 3.36. The van der Waals surface area contributed by atoms with Gasteiger partial charge in [0.2, 0.25) is 0 Å².